The normalized spacial score (nSPS) is 24.2. The van der Waals surface area contributed by atoms with E-state index < -0.39 is 209 Å². The third-order valence-corrected chi connectivity index (χ3v) is 19.4. The number of ether oxygens (including phenoxy) is 1. The number of aromatic hydroxyl groups is 1. The molecular weight excluding hydrogens is 1320 g/mol. The van der Waals surface area contributed by atoms with Crippen molar-refractivity contribution in [1.29, 1.82) is 0 Å². The molecular formula is C69H100N8O22S. The van der Waals surface area contributed by atoms with Gasteiger partial charge >= 0.3 is 6.09 Å². The van der Waals surface area contributed by atoms with Gasteiger partial charge in [-0.1, -0.05) is 155 Å². The number of aliphatic hydroxyl groups excluding tert-OH is 8. The number of phenols is 1. The predicted molar refractivity (Wildman–Crippen MR) is 361 cm³/mol. The Balaban J connectivity index is 1.20. The monoisotopic (exact) mass is 1420 g/mol. The summed E-state index contributed by atoms with van der Waals surface area (Å²) in [6, 6.07) is 5.62. The summed E-state index contributed by atoms with van der Waals surface area (Å²) in [5, 5.41) is 126. The Morgan fingerprint density at radius 1 is 0.700 bits per heavy atom. The van der Waals surface area contributed by atoms with Gasteiger partial charge in [0, 0.05) is 63.7 Å². The highest BCUT2D eigenvalue weighted by Crippen LogP contribution is 2.45. The maximum atomic E-state index is 15.4. The minimum absolute atomic E-state index is 0.0388. The highest BCUT2D eigenvalue weighted by molar-refractivity contribution is 7.90. The minimum Gasteiger partial charge on any atom is -0.504 e. The molecule has 15 N–H and O–H groups in total. The lowest BCUT2D eigenvalue weighted by molar-refractivity contribution is -0.433. The molecule has 30 nitrogen and oxygen atoms in total. The van der Waals surface area contributed by atoms with Crippen LogP contribution in [-0.2, 0) is 54.1 Å². The zero-order chi connectivity index (χ0) is 72.6. The molecule has 554 valence electrons. The van der Waals surface area contributed by atoms with Crippen molar-refractivity contribution in [1.82, 2.24) is 41.3 Å². The Bertz CT molecular complexity index is 3140. The van der Waals surface area contributed by atoms with Crippen LogP contribution in [0.4, 0.5) is 4.79 Å². The maximum Gasteiger partial charge on any atom is 0.410 e. The maximum absolute atomic E-state index is 15.4. The molecule has 0 radical (unpaired) electrons. The van der Waals surface area contributed by atoms with Crippen LogP contribution in [0.15, 0.2) is 66.7 Å². The molecule has 8 amide bonds. The molecule has 7 rings (SSSR count). The first-order valence-corrected chi connectivity index (χ1v) is 35.3. The molecule has 1 aliphatic carbocycles. The van der Waals surface area contributed by atoms with E-state index in [2.05, 4.69) is 42.9 Å². The second kappa shape index (κ2) is 39.8. The first-order valence-electron chi connectivity index (χ1n) is 34.7. The Morgan fingerprint density at radius 2 is 1.29 bits per heavy atom. The number of unbranched alkanes of at least 4 members (excludes halogenated alkanes) is 12. The van der Waals surface area contributed by atoms with E-state index in [-0.39, 0.29) is 36.7 Å². The summed E-state index contributed by atoms with van der Waals surface area (Å²) in [6.07, 6.45) is -0.645. The Hall–Kier alpha value is -7.27. The number of amides is 8. The summed E-state index contributed by atoms with van der Waals surface area (Å²) in [6.45, 7) is 0.651. The third kappa shape index (κ3) is 21.9. The Labute approximate surface area is 585 Å². The molecule has 3 heterocycles. The molecule has 0 saturated carbocycles. The molecule has 31 heteroatoms. The summed E-state index contributed by atoms with van der Waals surface area (Å²) in [7, 11) is 0. The number of aliphatic hydroxyl groups is 8. The highest BCUT2D eigenvalue weighted by Gasteiger charge is 2.50. The van der Waals surface area contributed by atoms with Gasteiger partial charge in [-0.15, -0.1) is 0 Å². The van der Waals surface area contributed by atoms with Gasteiger partial charge in [0.05, 0.1) is 55.9 Å². The number of β-amino-alcohol motifs (C(OH)–C–C–N with tert-alkyl or cyclic N) is 1. The summed E-state index contributed by atoms with van der Waals surface area (Å²) in [4.78, 5) is 120. The molecule has 100 heavy (non-hydrogen) atoms. The fourth-order valence-corrected chi connectivity index (χ4v) is 13.7. The van der Waals surface area contributed by atoms with Gasteiger partial charge < -0.3 is 96.2 Å². The number of nitrogens with zero attached hydrogens (tertiary/aromatic N) is 3. The standard InChI is InChI=1S/C69H100N8O22S/c1-4-5-6-7-8-9-10-11-12-13-14-15-16-25-57(86)71-51-32-44(81)34-70-66(91)61-62(87)40(2)35-77(61)68(93)60(54(84)28-29-75(43(37-78)38-79)69(94)96-39-50-48-23-19-17-21-46(48)47-22-18-20-24-49(47)50)74-65(90)59(55(85)30-42-26-27-53(83)56(31-42)97-100-99-98-95)73-64(89)52-33-45(82)36-76(52)67(92)58(41(3)80)72-63(51)88/h17-24,26-27,31,40-41,43-45,50-52,54-55,58-62,78-85,87,95H,4-16,25,28-30,32-39H2,1-3H3,(H,70,91)(H,71,86)(H,72,88)(H,73,89)(H,74,90)/t40-,41+,44+,45+,51-,52-,54+,55+,58-,59-,60-,61-,62-/m0/s1. The summed E-state index contributed by atoms with van der Waals surface area (Å²) in [5.74, 6) is -9.98. The van der Waals surface area contributed by atoms with Crippen molar-refractivity contribution < 1.29 is 108 Å². The largest absolute Gasteiger partial charge is 0.504 e. The van der Waals surface area contributed by atoms with Gasteiger partial charge in [-0.05, 0) is 59.7 Å². The molecule has 4 aliphatic rings. The highest BCUT2D eigenvalue weighted by atomic mass is 32.2. The second-order valence-corrected chi connectivity index (χ2v) is 26.9. The van der Waals surface area contributed by atoms with E-state index >= 15 is 9.59 Å². The van der Waals surface area contributed by atoms with Crippen LogP contribution in [0.3, 0.4) is 0 Å². The zero-order valence-electron chi connectivity index (χ0n) is 56.8. The number of fused-ring (bicyclic) bond motifs is 5. The van der Waals surface area contributed by atoms with Crippen LogP contribution in [0.2, 0.25) is 0 Å². The topological polar surface area (TPSA) is 446 Å². The van der Waals surface area contributed by atoms with Crippen molar-refractivity contribution in [3.05, 3.63) is 83.4 Å². The SMILES string of the molecule is CCCCCCCCCCCCCCCC(=O)N[C@H]1C[C@@H](O)CNC(=O)[C@@H]2[C@@H](O)[C@@H](C)CN2C(=O)[C@H]([C@H](O)CCN(C(=O)OCC2c3ccccc3-c3ccccc32)C(CO)CO)NC(=O)[C@H]([C@H](O)Cc2ccc(O)c(OSOOO)c2)NC(=O)[C@@H]2C[C@@H](O)CN2C(=O)[C@H]([C@@H](C)O)NC1=O. The molecule has 3 aromatic rings. The first kappa shape index (κ1) is 80.0. The van der Waals surface area contributed by atoms with E-state index in [1.807, 2.05) is 48.5 Å². The molecule has 0 aromatic heterocycles. The van der Waals surface area contributed by atoms with Gasteiger partial charge in [-0.2, -0.15) is 0 Å². The van der Waals surface area contributed by atoms with Gasteiger partial charge in [0.2, 0.25) is 41.4 Å². The van der Waals surface area contributed by atoms with Crippen LogP contribution in [0.1, 0.15) is 153 Å². The fraction of sp³-hybridized carbons (Fsp3) is 0.623. The number of rotatable bonds is 32. The van der Waals surface area contributed by atoms with Gasteiger partial charge in [0.1, 0.15) is 42.9 Å². The molecule has 3 aliphatic heterocycles. The van der Waals surface area contributed by atoms with Gasteiger partial charge in [-0.25, -0.2) is 10.1 Å². The minimum atomic E-state index is -2.24. The van der Waals surface area contributed by atoms with Crippen molar-refractivity contribution in [3.8, 4) is 22.6 Å². The summed E-state index contributed by atoms with van der Waals surface area (Å²) >= 11 is 0.0579. The molecule has 0 spiro atoms. The van der Waals surface area contributed by atoms with E-state index in [4.69, 9.17) is 14.2 Å². The number of hydrogen-bond acceptors (Lipinski definition) is 23. The van der Waals surface area contributed by atoms with Crippen LogP contribution in [0, 0.1) is 5.92 Å². The van der Waals surface area contributed by atoms with Gasteiger partial charge in [-0.3, -0.25) is 33.6 Å². The Morgan fingerprint density at radius 3 is 1.90 bits per heavy atom. The lowest BCUT2D eigenvalue weighted by atomic mass is 9.98. The Kier molecular flexibility index (Phi) is 31.9. The molecule has 3 fully saturated rings. The van der Waals surface area contributed by atoms with Crippen LogP contribution in [0.5, 0.6) is 11.5 Å². The number of carbonyl (C=O) groups excluding carboxylic acids is 8. The summed E-state index contributed by atoms with van der Waals surface area (Å²) < 4.78 is 15.3. The number of carbonyl (C=O) groups is 8. The van der Waals surface area contributed by atoms with Crippen molar-refractivity contribution >= 4 is 59.8 Å². The van der Waals surface area contributed by atoms with Crippen LogP contribution < -0.4 is 30.8 Å². The average molecular weight is 1430 g/mol. The third-order valence-electron chi connectivity index (χ3n) is 19.0. The lowest BCUT2D eigenvalue weighted by Crippen LogP contribution is -2.64. The molecule has 3 saturated heterocycles. The zero-order valence-corrected chi connectivity index (χ0v) is 57.6. The van der Waals surface area contributed by atoms with Crippen LogP contribution >= 0.6 is 12.3 Å². The quantitative estimate of drug-likeness (QED) is 0.0184. The smallest absolute Gasteiger partial charge is 0.410 e. The lowest BCUT2D eigenvalue weighted by Gasteiger charge is -2.35. The van der Waals surface area contributed by atoms with Crippen molar-refractivity contribution in [2.75, 3.05) is 46.0 Å². The second-order valence-electron chi connectivity index (χ2n) is 26.5. The van der Waals surface area contributed by atoms with E-state index in [1.165, 1.54) is 51.5 Å². The van der Waals surface area contributed by atoms with E-state index in [0.717, 1.165) is 88.1 Å². The summed E-state index contributed by atoms with van der Waals surface area (Å²) in [5.41, 5.74) is 3.64. The van der Waals surface area contributed by atoms with Gasteiger partial charge in [0.15, 0.2) is 11.5 Å². The number of benzene rings is 3. The molecule has 0 bridgehead atoms. The fourth-order valence-electron chi connectivity index (χ4n) is 13.5. The van der Waals surface area contributed by atoms with Crippen molar-refractivity contribution in [3.63, 3.8) is 0 Å². The first-order chi connectivity index (χ1) is 48.0. The number of hydrogen-bond donors (Lipinski definition) is 15. The van der Waals surface area contributed by atoms with Crippen LogP contribution in [-0.4, -0.2) is 238 Å². The molecule has 13 atom stereocenters. The van der Waals surface area contributed by atoms with Crippen LogP contribution in [0.25, 0.3) is 11.1 Å². The van der Waals surface area contributed by atoms with E-state index in [9.17, 15) is 74.7 Å². The molecule has 0 unspecified atom stereocenters. The predicted octanol–water partition coefficient (Wildman–Crippen LogP) is 1.87. The van der Waals surface area contributed by atoms with Gasteiger partial charge in [0.25, 0.3) is 12.3 Å². The average Bonchev–Trinajstić information content (AvgIpc) is 1.61. The van der Waals surface area contributed by atoms with E-state index in [0.29, 0.717) is 12.8 Å². The van der Waals surface area contributed by atoms with Crippen molar-refractivity contribution in [2.45, 2.75) is 221 Å². The number of nitrogens with one attached hydrogen (secondary N) is 5. The number of phenolic OH excluding ortho intramolecular Hbond substituents is 1. The molecule has 3 aromatic carbocycles. The van der Waals surface area contributed by atoms with E-state index in [1.54, 1.807) is 0 Å². The van der Waals surface area contributed by atoms with Crippen molar-refractivity contribution in [2.24, 2.45) is 5.92 Å².